The summed E-state index contributed by atoms with van der Waals surface area (Å²) in [6.07, 6.45) is 0. The van der Waals surface area contributed by atoms with E-state index in [1.54, 1.807) is 0 Å². The minimum absolute atomic E-state index is 0.304. The number of para-hydroxylation sites is 4. The zero-order valence-electron chi connectivity index (χ0n) is 31.2. The van der Waals surface area contributed by atoms with Crippen LogP contribution in [0.4, 0.5) is 22.7 Å². The summed E-state index contributed by atoms with van der Waals surface area (Å²) in [7, 11) is 0. The van der Waals surface area contributed by atoms with Crippen molar-refractivity contribution in [1.82, 2.24) is 9.55 Å². The molecule has 0 fully saturated rings. The number of aromatic nitrogens is 2. The van der Waals surface area contributed by atoms with Crippen molar-refractivity contribution >= 4 is 73.9 Å². The number of pyridine rings is 1. The van der Waals surface area contributed by atoms with E-state index < -0.39 is 0 Å². The summed E-state index contributed by atoms with van der Waals surface area (Å²) in [5.74, 6) is 2.50. The predicted molar refractivity (Wildman–Crippen MR) is 237 cm³/mol. The van der Waals surface area contributed by atoms with Gasteiger partial charge in [-0.2, -0.15) is 0 Å². The quantitative estimate of drug-likeness (QED) is 0.150. The summed E-state index contributed by atoms with van der Waals surface area (Å²) >= 11 is -0.304. The third-order valence-corrected chi connectivity index (χ3v) is 14.0. The van der Waals surface area contributed by atoms with Crippen LogP contribution in [0, 0.1) is 6.92 Å². The SMILES string of the molecule is Cc1cc(-n2c3ccccc3c3ccc(Oc4cccc(N5CN(c6c(-c7ccccc7)cccc6-c6ccccc6)c6ccccc65)c4)cc32)nc2cc[te]c12. The Kier molecular flexibility index (Phi) is 8.20. The Labute approximate surface area is 340 Å². The van der Waals surface area contributed by atoms with Gasteiger partial charge in [0, 0.05) is 11.1 Å². The van der Waals surface area contributed by atoms with Crippen molar-refractivity contribution in [2.45, 2.75) is 6.92 Å². The van der Waals surface area contributed by atoms with Gasteiger partial charge in [-0.3, -0.25) is 0 Å². The van der Waals surface area contributed by atoms with E-state index in [1.165, 1.54) is 47.7 Å². The molecular formula is C51H36N4OTe. The molecule has 0 spiro atoms. The second kappa shape index (κ2) is 13.9. The summed E-state index contributed by atoms with van der Waals surface area (Å²) in [4.78, 5) is 10.0. The first-order valence-corrected chi connectivity index (χ1v) is 21.7. The third kappa shape index (κ3) is 5.80. The van der Waals surface area contributed by atoms with Gasteiger partial charge in [0.1, 0.15) is 6.67 Å². The Bertz CT molecular complexity index is 3060. The Morgan fingerprint density at radius 2 is 1.19 bits per heavy atom. The first kappa shape index (κ1) is 33.7. The van der Waals surface area contributed by atoms with Crippen LogP contribution in [0.3, 0.4) is 0 Å². The monoisotopic (exact) mass is 850 g/mol. The van der Waals surface area contributed by atoms with Crippen LogP contribution < -0.4 is 14.5 Å². The van der Waals surface area contributed by atoms with Gasteiger partial charge >= 0.3 is 178 Å². The summed E-state index contributed by atoms with van der Waals surface area (Å²) < 4.78 is 12.8. The van der Waals surface area contributed by atoms with Gasteiger partial charge in [-0.25, -0.2) is 0 Å². The van der Waals surface area contributed by atoms with Crippen molar-refractivity contribution in [2.24, 2.45) is 0 Å². The van der Waals surface area contributed by atoms with Crippen LogP contribution in [0.1, 0.15) is 5.56 Å². The van der Waals surface area contributed by atoms with Crippen LogP contribution in [-0.4, -0.2) is 36.7 Å². The van der Waals surface area contributed by atoms with Gasteiger partial charge in [-0.15, -0.1) is 0 Å². The average molecular weight is 848 g/mol. The fourth-order valence-corrected chi connectivity index (χ4v) is 10.8. The summed E-state index contributed by atoms with van der Waals surface area (Å²) in [6.45, 7) is 2.86. The molecule has 10 aromatic rings. The molecule has 57 heavy (non-hydrogen) atoms. The first-order valence-electron chi connectivity index (χ1n) is 19.2. The molecule has 0 amide bonds. The first-order chi connectivity index (χ1) is 28.2. The fraction of sp³-hybridized carbons (Fsp3) is 0.0392. The van der Waals surface area contributed by atoms with Gasteiger partial charge in [-0.05, 0) is 29.3 Å². The maximum absolute atomic E-state index is 6.74. The van der Waals surface area contributed by atoms with E-state index in [4.69, 9.17) is 9.72 Å². The van der Waals surface area contributed by atoms with Crippen molar-refractivity contribution in [3.8, 4) is 39.6 Å². The number of ether oxygens (including phenoxy) is 1. The van der Waals surface area contributed by atoms with Gasteiger partial charge in [0.2, 0.25) is 0 Å². The number of nitrogens with zero attached hydrogens (tertiary/aromatic N) is 4. The molecule has 0 radical (unpaired) electrons. The molecule has 1 aliphatic heterocycles. The van der Waals surface area contributed by atoms with E-state index in [0.29, 0.717) is 6.67 Å². The fourth-order valence-electron chi connectivity index (χ4n) is 8.49. The van der Waals surface area contributed by atoms with Crippen molar-refractivity contribution in [1.29, 1.82) is 0 Å². The van der Waals surface area contributed by atoms with Crippen LogP contribution in [-0.2, 0) is 0 Å². The van der Waals surface area contributed by atoms with Crippen molar-refractivity contribution in [2.75, 3.05) is 16.5 Å². The van der Waals surface area contributed by atoms with Gasteiger partial charge in [0.15, 0.2) is 0 Å². The van der Waals surface area contributed by atoms with E-state index in [1.807, 2.05) is 6.07 Å². The van der Waals surface area contributed by atoms with Gasteiger partial charge in [0.25, 0.3) is 0 Å². The molecule has 11 rings (SSSR count). The molecule has 7 aromatic carbocycles. The molecule has 0 atom stereocenters. The predicted octanol–water partition coefficient (Wildman–Crippen LogP) is 13.1. The molecule has 0 N–H and O–H groups in total. The van der Waals surface area contributed by atoms with Crippen molar-refractivity contribution in [3.63, 3.8) is 0 Å². The van der Waals surface area contributed by atoms with E-state index in [2.05, 4.69) is 201 Å². The van der Waals surface area contributed by atoms with Gasteiger partial charge in [0.05, 0.1) is 17.1 Å². The molecular weight excluding hydrogens is 812 g/mol. The number of rotatable bonds is 7. The zero-order valence-corrected chi connectivity index (χ0v) is 33.5. The topological polar surface area (TPSA) is 33.5 Å². The molecule has 0 saturated heterocycles. The number of fused-ring (bicyclic) bond motifs is 5. The van der Waals surface area contributed by atoms with E-state index >= 15 is 0 Å². The molecule has 4 heterocycles. The van der Waals surface area contributed by atoms with Crippen LogP contribution in [0.5, 0.6) is 11.5 Å². The Morgan fingerprint density at radius 1 is 0.544 bits per heavy atom. The Hall–Kier alpha value is -6.58. The summed E-state index contributed by atoms with van der Waals surface area (Å²) in [6, 6.07) is 64.7. The number of aryl methyl sites for hydroxylation is 1. The van der Waals surface area contributed by atoms with Crippen molar-refractivity contribution in [3.05, 3.63) is 192 Å². The van der Waals surface area contributed by atoms with Crippen LogP contribution in [0.2, 0.25) is 0 Å². The molecule has 1 aliphatic rings. The van der Waals surface area contributed by atoms with Crippen LogP contribution in [0.25, 0.3) is 58.8 Å². The molecule has 0 bridgehead atoms. The zero-order chi connectivity index (χ0) is 37.9. The molecule has 0 unspecified atom stereocenters. The second-order valence-electron chi connectivity index (χ2n) is 14.5. The average Bonchev–Trinajstić information content (AvgIpc) is 3.99. The number of hydrogen-bond donors (Lipinski definition) is 0. The maximum atomic E-state index is 6.74. The Morgan fingerprint density at radius 3 is 1.96 bits per heavy atom. The van der Waals surface area contributed by atoms with Crippen molar-refractivity contribution < 1.29 is 4.74 Å². The molecule has 272 valence electrons. The molecule has 3 aromatic heterocycles. The molecule has 5 nitrogen and oxygen atoms in total. The Balaban J connectivity index is 0.981. The van der Waals surface area contributed by atoms with Gasteiger partial charge < -0.3 is 9.80 Å². The second-order valence-corrected chi connectivity index (χ2v) is 17.1. The summed E-state index contributed by atoms with van der Waals surface area (Å²) in [5.41, 5.74) is 14.0. The third-order valence-electron chi connectivity index (χ3n) is 11.0. The molecule has 0 aliphatic carbocycles. The minimum atomic E-state index is -0.304. The summed E-state index contributed by atoms with van der Waals surface area (Å²) in [5, 5.41) is 2.38. The molecule has 6 heteroatoms. The normalized spacial score (nSPS) is 12.5. The number of benzene rings is 7. The standard InChI is InChI=1S/C51H36N4OTe/c1-34-30-49(52-44-28-29-57-51(34)44)55-45-23-9-8-20-42(45)43-27-26-39(32-48(43)55)56-38-19-12-18-37(31-38)53-33-54(47-25-11-10-24-46(47)53)50-40(35-14-4-2-5-15-35)21-13-22-41(50)36-16-6-3-7-17-36/h2-32H,33H2,1H3. The van der Waals surface area contributed by atoms with E-state index in [9.17, 15) is 0 Å². The van der Waals surface area contributed by atoms with Crippen LogP contribution in [0.15, 0.2) is 186 Å². The van der Waals surface area contributed by atoms with Crippen LogP contribution >= 0.6 is 0 Å². The number of hydrogen-bond acceptors (Lipinski definition) is 4. The van der Waals surface area contributed by atoms with E-state index in [0.717, 1.165) is 50.9 Å². The van der Waals surface area contributed by atoms with Gasteiger partial charge in [-0.1, -0.05) is 91.0 Å². The number of anilines is 4. The van der Waals surface area contributed by atoms with E-state index in [-0.39, 0.29) is 20.4 Å². The molecule has 0 saturated carbocycles.